The highest BCUT2D eigenvalue weighted by atomic mass is 79.9. The van der Waals surface area contributed by atoms with Gasteiger partial charge in [-0.25, -0.2) is 13.1 Å². The Morgan fingerprint density at radius 3 is 2.65 bits per heavy atom. The van der Waals surface area contributed by atoms with E-state index in [1.807, 2.05) is 0 Å². The minimum atomic E-state index is -3.74. The van der Waals surface area contributed by atoms with E-state index in [4.69, 9.17) is 4.74 Å². The predicted octanol–water partition coefficient (Wildman–Crippen LogP) is 1.33. The molecule has 1 aromatic rings. The topological polar surface area (TPSA) is 79.0 Å². The van der Waals surface area contributed by atoms with E-state index >= 15 is 0 Å². The second kappa shape index (κ2) is 6.78. The predicted molar refractivity (Wildman–Crippen MR) is 101 cm³/mol. The van der Waals surface area contributed by atoms with Crippen LogP contribution in [0.25, 0.3) is 0 Å². The Morgan fingerprint density at radius 1 is 1.27 bits per heavy atom. The Labute approximate surface area is 161 Å². The number of halogens is 1. The highest BCUT2D eigenvalue weighted by molar-refractivity contribution is 9.10. The third kappa shape index (κ3) is 3.62. The van der Waals surface area contributed by atoms with Crippen LogP contribution in [0.2, 0.25) is 0 Å². The van der Waals surface area contributed by atoms with Crippen molar-refractivity contribution in [2.24, 2.45) is 0 Å². The Kier molecular flexibility index (Phi) is 4.75. The van der Waals surface area contributed by atoms with Crippen molar-refractivity contribution in [1.29, 1.82) is 0 Å². The number of nitrogens with zero attached hydrogens (tertiary/aromatic N) is 2. The first-order valence-corrected chi connectivity index (χ1v) is 11.1. The molecule has 1 spiro atoms. The van der Waals surface area contributed by atoms with Crippen LogP contribution in [-0.2, 0) is 19.6 Å². The molecule has 2 aliphatic heterocycles. The molecule has 9 heteroatoms. The number of hydrogen-bond acceptors (Lipinski definition) is 5. The number of hydrogen-bond donors (Lipinski definition) is 1. The molecule has 26 heavy (non-hydrogen) atoms. The third-order valence-corrected chi connectivity index (χ3v) is 7.28. The summed E-state index contributed by atoms with van der Waals surface area (Å²) in [6.07, 6.45) is 3.10. The molecule has 2 saturated heterocycles. The lowest BCUT2D eigenvalue weighted by Gasteiger charge is -2.34. The molecule has 142 valence electrons. The largest absolute Gasteiger partial charge is 0.371 e. The number of anilines is 1. The van der Waals surface area contributed by atoms with Crippen molar-refractivity contribution in [3.63, 3.8) is 0 Å². The van der Waals surface area contributed by atoms with Crippen molar-refractivity contribution in [3.8, 4) is 0 Å². The van der Waals surface area contributed by atoms with Crippen LogP contribution in [0, 0.1) is 0 Å². The molecular formula is C17H22BrN3O4S. The van der Waals surface area contributed by atoms with Crippen LogP contribution < -0.4 is 9.62 Å². The number of amides is 1. The van der Waals surface area contributed by atoms with E-state index < -0.39 is 10.0 Å². The number of carbonyl (C=O) groups excluding carboxylic acids is 1. The molecule has 0 bridgehead atoms. The molecular weight excluding hydrogens is 422 g/mol. The molecule has 1 N–H and O–H groups in total. The number of morpholine rings is 1. The molecule has 3 fully saturated rings. The minimum Gasteiger partial charge on any atom is -0.371 e. The monoisotopic (exact) mass is 443 g/mol. The Balaban J connectivity index is 1.39. The molecule has 2 heterocycles. The van der Waals surface area contributed by atoms with Crippen LogP contribution in [0.5, 0.6) is 0 Å². The fraction of sp³-hybridized carbons (Fsp3) is 0.588. The average Bonchev–Trinajstić information content (AvgIpc) is 3.31. The lowest BCUT2D eigenvalue weighted by Crippen LogP contribution is -2.50. The molecule has 0 unspecified atom stereocenters. The van der Waals surface area contributed by atoms with Gasteiger partial charge in [0, 0.05) is 30.7 Å². The molecule has 3 aliphatic rings. The molecule has 7 nitrogen and oxygen atoms in total. The Bertz CT molecular complexity index is 821. The summed E-state index contributed by atoms with van der Waals surface area (Å²) in [5.74, 6) is -0.209. The van der Waals surface area contributed by atoms with Gasteiger partial charge in [0.15, 0.2) is 0 Å². The average molecular weight is 444 g/mol. The fourth-order valence-electron chi connectivity index (χ4n) is 3.32. The van der Waals surface area contributed by atoms with E-state index in [0.717, 1.165) is 42.5 Å². The smallest absolute Gasteiger partial charge is 0.241 e. The van der Waals surface area contributed by atoms with E-state index in [1.165, 1.54) is 0 Å². The van der Waals surface area contributed by atoms with Crippen LogP contribution in [0.3, 0.4) is 0 Å². The summed E-state index contributed by atoms with van der Waals surface area (Å²) >= 11 is 3.45. The first kappa shape index (κ1) is 18.2. The molecule has 0 radical (unpaired) electrons. The molecule has 0 atom stereocenters. The highest BCUT2D eigenvalue weighted by Crippen LogP contribution is 2.41. The van der Waals surface area contributed by atoms with Gasteiger partial charge in [-0.15, -0.1) is 0 Å². The molecule has 1 aliphatic carbocycles. The number of rotatable bonds is 5. The van der Waals surface area contributed by atoms with Gasteiger partial charge >= 0.3 is 0 Å². The van der Waals surface area contributed by atoms with E-state index in [-0.39, 0.29) is 22.9 Å². The highest BCUT2D eigenvalue weighted by Gasteiger charge is 2.48. The SMILES string of the molecule is O=C(CNS(=O)(=O)c1ccc(N2CCC2)c(Br)c1)N1CCOC2(CC2)C1. The van der Waals surface area contributed by atoms with Gasteiger partial charge in [0.2, 0.25) is 15.9 Å². The van der Waals surface area contributed by atoms with Gasteiger partial charge in [-0.05, 0) is 53.4 Å². The Hall–Kier alpha value is -1.16. The van der Waals surface area contributed by atoms with Gasteiger partial charge in [-0.2, -0.15) is 0 Å². The van der Waals surface area contributed by atoms with Crippen molar-refractivity contribution in [2.75, 3.05) is 44.2 Å². The molecule has 4 rings (SSSR count). The molecule has 1 saturated carbocycles. The van der Waals surface area contributed by atoms with E-state index in [0.29, 0.717) is 19.7 Å². The lowest BCUT2D eigenvalue weighted by molar-refractivity contribution is -0.139. The second-order valence-corrected chi connectivity index (χ2v) is 9.75. The van der Waals surface area contributed by atoms with Gasteiger partial charge in [-0.3, -0.25) is 4.79 Å². The zero-order valence-corrected chi connectivity index (χ0v) is 16.8. The third-order valence-electron chi connectivity index (χ3n) is 5.25. The molecule has 1 amide bonds. The van der Waals surface area contributed by atoms with Crippen LogP contribution in [-0.4, -0.2) is 64.2 Å². The summed E-state index contributed by atoms with van der Waals surface area (Å²) in [4.78, 5) is 16.4. The molecule has 0 aromatic heterocycles. The maximum absolute atomic E-state index is 12.5. The summed E-state index contributed by atoms with van der Waals surface area (Å²) in [5, 5.41) is 0. The first-order valence-electron chi connectivity index (χ1n) is 8.85. The van der Waals surface area contributed by atoms with Crippen molar-refractivity contribution in [3.05, 3.63) is 22.7 Å². The van der Waals surface area contributed by atoms with Gasteiger partial charge in [0.05, 0.1) is 29.3 Å². The fourth-order valence-corrected chi connectivity index (χ4v) is 5.10. The van der Waals surface area contributed by atoms with E-state index in [1.54, 1.807) is 23.1 Å². The van der Waals surface area contributed by atoms with Crippen molar-refractivity contribution >= 4 is 37.5 Å². The summed E-state index contributed by atoms with van der Waals surface area (Å²) in [5.41, 5.74) is 0.832. The number of ether oxygens (including phenoxy) is 1. The van der Waals surface area contributed by atoms with Crippen LogP contribution in [0.1, 0.15) is 19.3 Å². The number of benzene rings is 1. The van der Waals surface area contributed by atoms with Crippen molar-refractivity contribution < 1.29 is 17.9 Å². The summed E-state index contributed by atoms with van der Waals surface area (Å²) in [6, 6.07) is 4.98. The van der Waals surface area contributed by atoms with Crippen LogP contribution in [0.4, 0.5) is 5.69 Å². The van der Waals surface area contributed by atoms with Crippen molar-refractivity contribution in [1.82, 2.24) is 9.62 Å². The minimum absolute atomic E-state index is 0.155. The van der Waals surface area contributed by atoms with Gasteiger partial charge in [0.1, 0.15) is 0 Å². The number of carbonyl (C=O) groups is 1. The van der Waals surface area contributed by atoms with Crippen molar-refractivity contribution in [2.45, 2.75) is 29.8 Å². The van der Waals surface area contributed by atoms with Crippen LogP contribution >= 0.6 is 15.9 Å². The number of nitrogens with one attached hydrogen (secondary N) is 1. The van der Waals surface area contributed by atoms with Crippen LogP contribution in [0.15, 0.2) is 27.6 Å². The molecule has 1 aromatic carbocycles. The quantitative estimate of drug-likeness (QED) is 0.742. The van der Waals surface area contributed by atoms with Gasteiger partial charge in [-0.1, -0.05) is 0 Å². The maximum Gasteiger partial charge on any atom is 0.241 e. The standard InChI is InChI=1S/C17H22BrN3O4S/c18-14-10-13(2-3-15(14)20-6-1-7-20)26(23,24)19-11-16(22)21-8-9-25-17(12-21)4-5-17/h2-3,10,19H,1,4-9,11-12H2. The summed E-state index contributed by atoms with van der Waals surface area (Å²) < 4.78 is 33.9. The van der Waals surface area contributed by atoms with Gasteiger partial charge in [0.25, 0.3) is 0 Å². The van der Waals surface area contributed by atoms with E-state index in [2.05, 4.69) is 25.6 Å². The summed E-state index contributed by atoms with van der Waals surface area (Å²) in [7, 11) is -3.74. The first-order chi connectivity index (χ1) is 12.4. The Morgan fingerprint density at radius 2 is 2.04 bits per heavy atom. The second-order valence-electron chi connectivity index (χ2n) is 7.13. The zero-order valence-electron chi connectivity index (χ0n) is 14.4. The van der Waals surface area contributed by atoms with E-state index in [9.17, 15) is 13.2 Å². The van der Waals surface area contributed by atoms with Gasteiger partial charge < -0.3 is 14.5 Å². The normalized spacial score (nSPS) is 21.6. The number of sulfonamides is 1. The zero-order chi connectivity index (χ0) is 18.4. The maximum atomic E-state index is 12.5. The lowest BCUT2D eigenvalue weighted by atomic mass is 10.2. The summed E-state index contributed by atoms with van der Waals surface area (Å²) in [6.45, 7) is 3.33.